The van der Waals surface area contributed by atoms with Crippen LogP contribution in [0.25, 0.3) is 0 Å². The summed E-state index contributed by atoms with van der Waals surface area (Å²) in [5.41, 5.74) is 1.36. The van der Waals surface area contributed by atoms with E-state index in [1.165, 1.54) is 15.4 Å². The van der Waals surface area contributed by atoms with Gasteiger partial charge in [0.2, 0.25) is 0 Å². The van der Waals surface area contributed by atoms with Crippen LogP contribution in [0.1, 0.15) is 12.5 Å². The van der Waals surface area contributed by atoms with Crippen LogP contribution in [0.2, 0.25) is 0 Å². The van der Waals surface area contributed by atoms with E-state index in [4.69, 9.17) is 0 Å². The average Bonchev–Trinajstić information content (AvgIpc) is 2.52. The van der Waals surface area contributed by atoms with Crippen molar-refractivity contribution >= 4 is 23.5 Å². The Balaban J connectivity index is 1.69. The zero-order chi connectivity index (χ0) is 14.0. The maximum absolute atomic E-state index is 3.34. The molecule has 0 saturated carbocycles. The first kappa shape index (κ1) is 15.5. The zero-order valence-electron chi connectivity index (χ0n) is 11.8. The van der Waals surface area contributed by atoms with Gasteiger partial charge in [0.15, 0.2) is 0 Å². The van der Waals surface area contributed by atoms with Gasteiger partial charge in [-0.25, -0.2) is 0 Å². The summed E-state index contributed by atoms with van der Waals surface area (Å²) in [4.78, 5) is 2.72. The normalized spacial score (nSPS) is 10.7. The predicted molar refractivity (Wildman–Crippen MR) is 91.7 cm³/mol. The Morgan fingerprint density at radius 3 is 2.00 bits per heavy atom. The van der Waals surface area contributed by atoms with E-state index in [2.05, 4.69) is 66.8 Å². The minimum absolute atomic E-state index is 0.964. The Morgan fingerprint density at radius 1 is 0.800 bits per heavy atom. The minimum Gasteiger partial charge on any atom is -0.313 e. The largest absolute Gasteiger partial charge is 0.313 e. The molecule has 3 heteroatoms. The van der Waals surface area contributed by atoms with Crippen molar-refractivity contribution in [2.24, 2.45) is 0 Å². The molecular weight excluding hydrogens is 282 g/mol. The fourth-order valence-corrected chi connectivity index (χ4v) is 3.62. The number of benzene rings is 2. The fourth-order valence-electron chi connectivity index (χ4n) is 1.81. The molecule has 0 bridgehead atoms. The quantitative estimate of drug-likeness (QED) is 0.562. The van der Waals surface area contributed by atoms with Gasteiger partial charge in [0, 0.05) is 27.8 Å². The van der Waals surface area contributed by atoms with Crippen LogP contribution >= 0.6 is 23.5 Å². The van der Waals surface area contributed by atoms with Gasteiger partial charge in [0.25, 0.3) is 0 Å². The fraction of sp³-hybridized carbons (Fsp3) is 0.294. The highest BCUT2D eigenvalue weighted by molar-refractivity contribution is 8.03. The molecule has 0 aliphatic carbocycles. The van der Waals surface area contributed by atoms with Crippen molar-refractivity contribution in [2.45, 2.75) is 23.3 Å². The first-order chi connectivity index (χ1) is 9.88. The van der Waals surface area contributed by atoms with Gasteiger partial charge in [-0.05, 0) is 36.4 Å². The predicted octanol–water partition coefficient (Wildman–Crippen LogP) is 4.68. The van der Waals surface area contributed by atoms with Crippen LogP contribution in [-0.2, 0) is 6.54 Å². The molecule has 0 unspecified atom stereocenters. The van der Waals surface area contributed by atoms with Gasteiger partial charge < -0.3 is 5.32 Å². The highest BCUT2D eigenvalue weighted by Crippen LogP contribution is 2.23. The molecule has 0 radical (unpaired) electrons. The van der Waals surface area contributed by atoms with Crippen molar-refractivity contribution in [2.75, 3.05) is 18.1 Å². The SMILES string of the molecule is CCNCc1ccc(SCCSc2ccccc2)cc1. The Hall–Kier alpha value is -0.900. The molecule has 1 N–H and O–H groups in total. The molecule has 1 nitrogen and oxygen atoms in total. The van der Waals surface area contributed by atoms with E-state index in [0.717, 1.165) is 24.6 Å². The van der Waals surface area contributed by atoms with Crippen LogP contribution in [0.3, 0.4) is 0 Å². The third kappa shape index (κ3) is 5.61. The van der Waals surface area contributed by atoms with Gasteiger partial charge in [-0.3, -0.25) is 0 Å². The van der Waals surface area contributed by atoms with E-state index < -0.39 is 0 Å². The van der Waals surface area contributed by atoms with Gasteiger partial charge >= 0.3 is 0 Å². The molecule has 0 fully saturated rings. The third-order valence-electron chi connectivity index (χ3n) is 2.87. The summed E-state index contributed by atoms with van der Waals surface area (Å²) < 4.78 is 0. The van der Waals surface area contributed by atoms with Gasteiger partial charge in [-0.2, -0.15) is 0 Å². The molecule has 106 valence electrons. The second-order valence-electron chi connectivity index (χ2n) is 4.43. The number of hydrogen-bond acceptors (Lipinski definition) is 3. The molecule has 0 spiro atoms. The molecule has 0 aromatic heterocycles. The van der Waals surface area contributed by atoms with Crippen molar-refractivity contribution in [1.82, 2.24) is 5.32 Å². The third-order valence-corrected chi connectivity index (χ3v) is 5.15. The molecule has 2 aromatic carbocycles. The number of nitrogens with one attached hydrogen (secondary N) is 1. The number of hydrogen-bond donors (Lipinski definition) is 1. The lowest BCUT2D eigenvalue weighted by molar-refractivity contribution is 0.726. The highest BCUT2D eigenvalue weighted by atomic mass is 32.2. The molecule has 20 heavy (non-hydrogen) atoms. The minimum atomic E-state index is 0.964. The van der Waals surface area contributed by atoms with E-state index in [1.807, 2.05) is 23.5 Å². The Morgan fingerprint density at radius 2 is 1.40 bits per heavy atom. The summed E-state index contributed by atoms with van der Waals surface area (Å²) >= 11 is 3.85. The van der Waals surface area contributed by atoms with E-state index >= 15 is 0 Å². The summed E-state index contributed by atoms with van der Waals surface area (Å²) in [6, 6.07) is 19.5. The van der Waals surface area contributed by atoms with Crippen LogP contribution in [-0.4, -0.2) is 18.1 Å². The van der Waals surface area contributed by atoms with E-state index in [9.17, 15) is 0 Å². The van der Waals surface area contributed by atoms with E-state index in [-0.39, 0.29) is 0 Å². The lowest BCUT2D eigenvalue weighted by Gasteiger charge is -2.05. The smallest absolute Gasteiger partial charge is 0.0205 e. The van der Waals surface area contributed by atoms with Crippen molar-refractivity contribution in [1.29, 1.82) is 0 Å². The number of rotatable bonds is 8. The molecule has 0 amide bonds. The second-order valence-corrected chi connectivity index (χ2v) is 6.77. The van der Waals surface area contributed by atoms with Crippen molar-refractivity contribution < 1.29 is 0 Å². The van der Waals surface area contributed by atoms with Crippen LogP contribution in [0, 0.1) is 0 Å². The molecule has 0 aliphatic rings. The maximum atomic E-state index is 3.34. The van der Waals surface area contributed by atoms with Crippen molar-refractivity contribution in [3.8, 4) is 0 Å². The van der Waals surface area contributed by atoms with Crippen LogP contribution in [0.15, 0.2) is 64.4 Å². The molecule has 0 aliphatic heterocycles. The summed E-state index contributed by atoms with van der Waals surface area (Å²) in [7, 11) is 0. The maximum Gasteiger partial charge on any atom is 0.0205 e. The van der Waals surface area contributed by atoms with Crippen molar-refractivity contribution in [3.63, 3.8) is 0 Å². The monoisotopic (exact) mass is 303 g/mol. The zero-order valence-corrected chi connectivity index (χ0v) is 13.5. The summed E-state index contributed by atoms with van der Waals surface area (Å²) in [6.07, 6.45) is 0. The molecule has 2 aromatic rings. The van der Waals surface area contributed by atoms with Gasteiger partial charge in [-0.15, -0.1) is 23.5 Å². The average molecular weight is 303 g/mol. The second kappa shape index (κ2) is 9.11. The Kier molecular flexibility index (Phi) is 7.06. The number of thioether (sulfide) groups is 2. The molecule has 0 atom stereocenters. The van der Waals surface area contributed by atoms with Crippen LogP contribution in [0.5, 0.6) is 0 Å². The lowest BCUT2D eigenvalue weighted by atomic mass is 10.2. The standard InChI is InChI=1S/C17H21NS2/c1-2-18-14-15-8-10-17(11-9-15)20-13-12-19-16-6-4-3-5-7-16/h3-11,18H,2,12-14H2,1H3. The Bertz CT molecular complexity index is 482. The topological polar surface area (TPSA) is 12.0 Å². The summed E-state index contributed by atoms with van der Waals surface area (Å²) in [5, 5.41) is 3.34. The van der Waals surface area contributed by atoms with Crippen LogP contribution in [0.4, 0.5) is 0 Å². The van der Waals surface area contributed by atoms with Gasteiger partial charge in [0.1, 0.15) is 0 Å². The summed E-state index contributed by atoms with van der Waals surface area (Å²) in [5.74, 6) is 2.29. The van der Waals surface area contributed by atoms with E-state index in [0.29, 0.717) is 0 Å². The van der Waals surface area contributed by atoms with E-state index in [1.54, 1.807) is 0 Å². The molecule has 2 rings (SSSR count). The van der Waals surface area contributed by atoms with Gasteiger partial charge in [-0.1, -0.05) is 37.3 Å². The molecular formula is C17H21NS2. The first-order valence-corrected chi connectivity index (χ1v) is 8.96. The molecule has 0 saturated heterocycles. The molecule has 0 heterocycles. The highest BCUT2D eigenvalue weighted by Gasteiger charge is 1.97. The Labute approximate surface area is 130 Å². The van der Waals surface area contributed by atoms with Crippen molar-refractivity contribution in [3.05, 3.63) is 60.2 Å². The van der Waals surface area contributed by atoms with Gasteiger partial charge in [0.05, 0.1) is 0 Å². The van der Waals surface area contributed by atoms with Crippen LogP contribution < -0.4 is 5.32 Å². The first-order valence-electron chi connectivity index (χ1n) is 6.99. The summed E-state index contributed by atoms with van der Waals surface area (Å²) in [6.45, 7) is 4.12. The lowest BCUT2D eigenvalue weighted by Crippen LogP contribution is -2.11.